The fraction of sp³-hybridized carbons (Fsp3) is 0.217. The normalized spacial score (nSPS) is 11.3. The van der Waals surface area contributed by atoms with E-state index >= 15 is 0 Å². The highest BCUT2D eigenvalue weighted by Gasteiger charge is 2.20. The van der Waals surface area contributed by atoms with Crippen LogP contribution >= 0.6 is 0 Å². The van der Waals surface area contributed by atoms with Gasteiger partial charge in [-0.15, -0.1) is 6.58 Å². The fourth-order valence-corrected chi connectivity index (χ4v) is 4.23. The molecule has 168 valence electrons. The van der Waals surface area contributed by atoms with Crippen LogP contribution in [0.4, 0.5) is 4.39 Å². The van der Waals surface area contributed by atoms with Crippen molar-refractivity contribution < 1.29 is 17.6 Å². The quantitative estimate of drug-likeness (QED) is 0.362. The van der Waals surface area contributed by atoms with Crippen LogP contribution in [-0.2, 0) is 16.4 Å². The Hall–Kier alpha value is -3.30. The monoisotopic (exact) mass is 456 g/mol. The third kappa shape index (κ3) is 5.68. The summed E-state index contributed by atoms with van der Waals surface area (Å²) in [4.78, 5) is 11.9. The lowest BCUT2D eigenvalue weighted by molar-refractivity contribution is 0.0953. The Morgan fingerprint density at radius 2 is 1.97 bits per heavy atom. The molecular formula is C23H25FN4O3S. The number of para-hydroxylation sites is 1. The lowest BCUT2D eigenvalue weighted by Crippen LogP contribution is -2.27. The number of carbonyl (C=O) groups is 1. The van der Waals surface area contributed by atoms with Crippen LogP contribution in [0.15, 0.2) is 72.3 Å². The minimum Gasteiger partial charge on any atom is -0.352 e. The van der Waals surface area contributed by atoms with Crippen molar-refractivity contribution in [3.8, 4) is 5.69 Å². The number of amides is 1. The predicted octanol–water partition coefficient (Wildman–Crippen LogP) is 3.15. The first-order valence-electron chi connectivity index (χ1n) is 10.1. The lowest BCUT2D eigenvalue weighted by Gasteiger charge is -2.09. The van der Waals surface area contributed by atoms with Gasteiger partial charge in [-0.3, -0.25) is 4.79 Å². The van der Waals surface area contributed by atoms with Crippen molar-refractivity contribution in [1.82, 2.24) is 19.8 Å². The molecule has 0 atom stereocenters. The van der Waals surface area contributed by atoms with Gasteiger partial charge in [0.05, 0.1) is 11.4 Å². The number of halogens is 1. The third-order valence-electron chi connectivity index (χ3n) is 4.83. The van der Waals surface area contributed by atoms with E-state index in [1.165, 1.54) is 12.1 Å². The molecule has 0 unspecified atom stereocenters. The van der Waals surface area contributed by atoms with Crippen LogP contribution in [0, 0.1) is 12.7 Å². The lowest BCUT2D eigenvalue weighted by atomic mass is 10.1. The molecular weight excluding hydrogens is 431 g/mol. The van der Waals surface area contributed by atoms with Gasteiger partial charge < -0.3 is 5.32 Å². The van der Waals surface area contributed by atoms with Gasteiger partial charge in [-0.05, 0) is 55.7 Å². The van der Waals surface area contributed by atoms with Crippen LogP contribution < -0.4 is 10.0 Å². The molecule has 1 aromatic heterocycles. The van der Waals surface area contributed by atoms with Crippen molar-refractivity contribution in [2.45, 2.75) is 24.7 Å². The highest BCUT2D eigenvalue weighted by molar-refractivity contribution is 7.89. The van der Waals surface area contributed by atoms with Crippen molar-refractivity contribution in [1.29, 1.82) is 0 Å². The zero-order chi connectivity index (χ0) is 23.1. The van der Waals surface area contributed by atoms with Crippen LogP contribution in [0.2, 0.25) is 0 Å². The minimum atomic E-state index is -4.08. The average molecular weight is 457 g/mol. The minimum absolute atomic E-state index is 0.0432. The van der Waals surface area contributed by atoms with Gasteiger partial charge in [-0.2, -0.15) is 5.10 Å². The van der Waals surface area contributed by atoms with Crippen LogP contribution in [0.5, 0.6) is 0 Å². The summed E-state index contributed by atoms with van der Waals surface area (Å²) in [6, 6.07) is 13.0. The van der Waals surface area contributed by atoms with Crippen LogP contribution in [0.1, 0.15) is 28.0 Å². The second kappa shape index (κ2) is 10.3. The Kier molecular flexibility index (Phi) is 7.55. The van der Waals surface area contributed by atoms with Crippen LogP contribution in [0.25, 0.3) is 5.69 Å². The summed E-state index contributed by atoms with van der Waals surface area (Å²) >= 11 is 0. The smallest absolute Gasteiger partial charge is 0.251 e. The second-order valence-electron chi connectivity index (χ2n) is 7.17. The zero-order valence-electron chi connectivity index (χ0n) is 17.7. The molecule has 0 bridgehead atoms. The molecule has 2 N–H and O–H groups in total. The first kappa shape index (κ1) is 23.4. The molecule has 1 amide bonds. The number of rotatable bonds is 10. The number of aromatic nitrogens is 2. The molecule has 0 aliphatic heterocycles. The largest absolute Gasteiger partial charge is 0.352 e. The Balaban J connectivity index is 1.58. The van der Waals surface area contributed by atoms with Gasteiger partial charge in [0.15, 0.2) is 0 Å². The van der Waals surface area contributed by atoms with Gasteiger partial charge in [-0.1, -0.05) is 24.3 Å². The molecule has 7 nitrogen and oxygen atoms in total. The van der Waals surface area contributed by atoms with Gasteiger partial charge in [0.1, 0.15) is 10.7 Å². The number of benzene rings is 2. The summed E-state index contributed by atoms with van der Waals surface area (Å²) in [5.74, 6) is -1.40. The molecule has 3 rings (SSSR count). The van der Waals surface area contributed by atoms with Gasteiger partial charge in [0.2, 0.25) is 10.0 Å². The van der Waals surface area contributed by atoms with Crippen molar-refractivity contribution in [2.24, 2.45) is 0 Å². The summed E-state index contributed by atoms with van der Waals surface area (Å²) < 4.78 is 42.5. The highest BCUT2D eigenvalue weighted by atomic mass is 32.2. The molecule has 0 fully saturated rings. The van der Waals surface area contributed by atoms with E-state index in [1.54, 1.807) is 0 Å². The van der Waals surface area contributed by atoms with E-state index in [4.69, 9.17) is 0 Å². The molecule has 0 saturated heterocycles. The fourth-order valence-electron chi connectivity index (χ4n) is 3.13. The number of sulfonamides is 1. The standard InChI is InChI=1S/C23H25FN4O3S/c1-3-13-26-32(30,31)22-15-18(11-12-21(22)24)23(29)25-14-7-8-19-16-28(27-17(19)2)20-9-5-4-6-10-20/h3-6,9-12,15-16,26H,1,7-8,13-14H2,2H3,(H,25,29). The molecule has 0 saturated carbocycles. The molecule has 1 heterocycles. The zero-order valence-corrected chi connectivity index (χ0v) is 18.5. The number of carbonyl (C=O) groups excluding carboxylic acids is 1. The summed E-state index contributed by atoms with van der Waals surface area (Å²) in [7, 11) is -4.08. The third-order valence-corrected chi connectivity index (χ3v) is 6.27. The first-order chi connectivity index (χ1) is 15.3. The summed E-state index contributed by atoms with van der Waals surface area (Å²) in [6.45, 7) is 5.69. The van der Waals surface area contributed by atoms with E-state index in [9.17, 15) is 17.6 Å². The van der Waals surface area contributed by atoms with E-state index in [0.717, 1.165) is 29.1 Å². The Labute approximate surface area is 187 Å². The molecule has 3 aromatic rings. The maximum atomic E-state index is 14.0. The van der Waals surface area contributed by atoms with Crippen molar-refractivity contribution in [3.05, 3.63) is 90.0 Å². The Morgan fingerprint density at radius 3 is 2.69 bits per heavy atom. The number of aryl methyl sites for hydroxylation is 2. The van der Waals surface area contributed by atoms with Crippen molar-refractivity contribution in [2.75, 3.05) is 13.1 Å². The van der Waals surface area contributed by atoms with Crippen molar-refractivity contribution >= 4 is 15.9 Å². The van der Waals surface area contributed by atoms with Gasteiger partial charge >= 0.3 is 0 Å². The molecule has 0 aliphatic rings. The van der Waals surface area contributed by atoms with Gasteiger partial charge in [0, 0.05) is 24.8 Å². The van der Waals surface area contributed by atoms with Gasteiger partial charge in [0.25, 0.3) is 5.91 Å². The van der Waals surface area contributed by atoms with Crippen LogP contribution in [0.3, 0.4) is 0 Å². The maximum Gasteiger partial charge on any atom is 0.251 e. The topological polar surface area (TPSA) is 93.1 Å². The van der Waals surface area contributed by atoms with E-state index < -0.39 is 26.6 Å². The first-order valence-corrected chi connectivity index (χ1v) is 11.6. The predicted molar refractivity (Wildman–Crippen MR) is 121 cm³/mol. The summed E-state index contributed by atoms with van der Waals surface area (Å²) in [5, 5.41) is 7.28. The van der Waals surface area contributed by atoms with E-state index in [0.29, 0.717) is 19.4 Å². The van der Waals surface area contributed by atoms with Crippen molar-refractivity contribution in [3.63, 3.8) is 0 Å². The number of nitrogens with zero attached hydrogens (tertiary/aromatic N) is 2. The summed E-state index contributed by atoms with van der Waals surface area (Å²) in [6.07, 6.45) is 4.70. The molecule has 0 spiro atoms. The van der Waals surface area contributed by atoms with Crippen LogP contribution in [-0.4, -0.2) is 37.2 Å². The number of hydrogen-bond acceptors (Lipinski definition) is 4. The average Bonchev–Trinajstić information content (AvgIpc) is 3.16. The van der Waals surface area contributed by atoms with Gasteiger partial charge in [-0.25, -0.2) is 22.2 Å². The SMILES string of the molecule is C=CCNS(=O)(=O)c1cc(C(=O)NCCCc2cn(-c3ccccc3)nc2C)ccc1F. The van der Waals surface area contributed by atoms with E-state index in [1.807, 2.05) is 48.1 Å². The van der Waals surface area contributed by atoms with E-state index in [-0.39, 0.29) is 12.1 Å². The molecule has 9 heteroatoms. The number of hydrogen-bond donors (Lipinski definition) is 2. The number of nitrogens with one attached hydrogen (secondary N) is 2. The highest BCUT2D eigenvalue weighted by Crippen LogP contribution is 2.17. The maximum absolute atomic E-state index is 14.0. The Morgan fingerprint density at radius 1 is 1.22 bits per heavy atom. The molecule has 0 aliphatic carbocycles. The van der Waals surface area contributed by atoms with E-state index in [2.05, 4.69) is 21.7 Å². The molecule has 32 heavy (non-hydrogen) atoms. The second-order valence-corrected chi connectivity index (χ2v) is 8.90. The molecule has 2 aromatic carbocycles. The molecule has 0 radical (unpaired) electrons. The Bertz CT molecular complexity index is 1210. The summed E-state index contributed by atoms with van der Waals surface area (Å²) in [5.41, 5.74) is 3.03.